The van der Waals surface area contributed by atoms with E-state index >= 15 is 0 Å². The number of piperazine rings is 1. The summed E-state index contributed by atoms with van der Waals surface area (Å²) in [5.41, 5.74) is 0.458. The highest BCUT2D eigenvalue weighted by Gasteiger charge is 2.29. The van der Waals surface area contributed by atoms with Crippen molar-refractivity contribution in [3.8, 4) is 5.75 Å². The first-order valence-electron chi connectivity index (χ1n) is 8.16. The molecule has 0 aromatic heterocycles. The summed E-state index contributed by atoms with van der Waals surface area (Å²) in [7, 11) is 4.85. The number of aliphatic hydroxyl groups is 1. The summed E-state index contributed by atoms with van der Waals surface area (Å²) in [4.78, 5) is 28.3. The van der Waals surface area contributed by atoms with Crippen LogP contribution in [0.3, 0.4) is 0 Å². The Morgan fingerprint density at radius 1 is 1.40 bits per heavy atom. The van der Waals surface area contributed by atoms with Crippen LogP contribution in [0.5, 0.6) is 5.75 Å². The minimum atomic E-state index is -0.491. The van der Waals surface area contributed by atoms with Crippen LogP contribution in [-0.4, -0.2) is 81.4 Å². The Kier molecular flexibility index (Phi) is 6.16. The Morgan fingerprint density at radius 3 is 2.52 bits per heavy atom. The molecular formula is C16H25N4O5+. The molecule has 9 heteroatoms. The van der Waals surface area contributed by atoms with E-state index in [-0.39, 0.29) is 23.8 Å². The van der Waals surface area contributed by atoms with Gasteiger partial charge in [0.05, 0.1) is 50.4 Å². The Morgan fingerprint density at radius 2 is 2.04 bits per heavy atom. The van der Waals surface area contributed by atoms with Crippen LogP contribution in [-0.2, 0) is 0 Å². The lowest BCUT2D eigenvalue weighted by molar-refractivity contribution is -0.904. The van der Waals surface area contributed by atoms with Crippen molar-refractivity contribution in [3.05, 3.63) is 27.8 Å². The minimum absolute atomic E-state index is 0.120. The van der Waals surface area contributed by atoms with E-state index in [0.717, 1.165) is 13.1 Å². The van der Waals surface area contributed by atoms with Gasteiger partial charge in [0, 0.05) is 26.2 Å². The zero-order valence-electron chi connectivity index (χ0n) is 14.8. The average Bonchev–Trinajstić information content (AvgIpc) is 2.60. The number of quaternary nitrogens is 1. The Labute approximate surface area is 146 Å². The van der Waals surface area contributed by atoms with E-state index in [4.69, 9.17) is 9.84 Å². The quantitative estimate of drug-likeness (QED) is 0.503. The number of nitrogens with zero attached hydrogens (tertiary/aromatic N) is 3. The molecule has 0 aliphatic carbocycles. The van der Waals surface area contributed by atoms with Gasteiger partial charge < -0.3 is 24.5 Å². The van der Waals surface area contributed by atoms with Crippen LogP contribution in [0.2, 0.25) is 0 Å². The fourth-order valence-electron chi connectivity index (χ4n) is 3.00. The van der Waals surface area contributed by atoms with Crippen LogP contribution >= 0.6 is 0 Å². The maximum Gasteiger partial charge on any atom is 0.293 e. The highest BCUT2D eigenvalue weighted by Crippen LogP contribution is 2.35. The fraction of sp³-hybridized carbons (Fsp3) is 0.562. The van der Waals surface area contributed by atoms with Crippen molar-refractivity contribution < 1.29 is 24.5 Å². The van der Waals surface area contributed by atoms with Gasteiger partial charge in [-0.2, -0.15) is 0 Å². The number of carbonyl (C=O) groups is 1. The van der Waals surface area contributed by atoms with Crippen molar-refractivity contribution in [2.75, 3.05) is 65.4 Å². The molecule has 1 saturated heterocycles. The van der Waals surface area contributed by atoms with Gasteiger partial charge in [-0.25, -0.2) is 0 Å². The number of nitrogens with one attached hydrogen (secondary N) is 1. The number of hydrogen-bond donors (Lipinski definition) is 2. The molecule has 0 atom stereocenters. The summed E-state index contributed by atoms with van der Waals surface area (Å²) in [6.45, 7) is 3.35. The third-order valence-electron chi connectivity index (χ3n) is 4.43. The van der Waals surface area contributed by atoms with E-state index < -0.39 is 4.92 Å². The number of anilines is 1. The number of nitro groups is 1. The number of rotatable bonds is 6. The van der Waals surface area contributed by atoms with Crippen LogP contribution in [0.15, 0.2) is 12.1 Å². The predicted octanol–water partition coefficient (Wildman–Crippen LogP) is -0.998. The van der Waals surface area contributed by atoms with Gasteiger partial charge >= 0.3 is 0 Å². The molecule has 2 rings (SSSR count). The second kappa shape index (κ2) is 8.13. The first-order chi connectivity index (χ1) is 11.9. The molecule has 0 saturated carbocycles. The highest BCUT2D eigenvalue weighted by atomic mass is 16.6. The molecule has 1 aromatic rings. The van der Waals surface area contributed by atoms with E-state index in [9.17, 15) is 14.9 Å². The Bertz CT molecular complexity index is 642. The molecule has 2 N–H and O–H groups in total. The first-order valence-corrected chi connectivity index (χ1v) is 8.16. The molecule has 9 nitrogen and oxygen atoms in total. The molecule has 0 radical (unpaired) electrons. The summed E-state index contributed by atoms with van der Waals surface area (Å²) in [5, 5.41) is 20.4. The van der Waals surface area contributed by atoms with E-state index in [2.05, 4.69) is 0 Å². The molecule has 0 bridgehead atoms. The molecule has 0 spiro atoms. The zero-order chi connectivity index (χ0) is 18.6. The van der Waals surface area contributed by atoms with Gasteiger partial charge in [-0.3, -0.25) is 14.9 Å². The van der Waals surface area contributed by atoms with Gasteiger partial charge in [-0.1, -0.05) is 0 Å². The molecule has 1 amide bonds. The average molecular weight is 353 g/mol. The number of benzene rings is 1. The SMILES string of the molecule is COc1cc(N(C)C)c([N+](=O)[O-])cc1C(=O)N1CC[NH+](CCO)CC1. The fourth-order valence-corrected chi connectivity index (χ4v) is 3.00. The monoisotopic (exact) mass is 353 g/mol. The molecule has 1 fully saturated rings. The summed E-state index contributed by atoms with van der Waals surface area (Å²) >= 11 is 0. The number of ether oxygens (including phenoxy) is 1. The normalized spacial score (nSPS) is 15.1. The predicted molar refractivity (Wildman–Crippen MR) is 92.5 cm³/mol. The molecule has 1 heterocycles. The first kappa shape index (κ1) is 18.9. The lowest BCUT2D eigenvalue weighted by atomic mass is 10.1. The van der Waals surface area contributed by atoms with Crippen LogP contribution < -0.4 is 14.5 Å². The van der Waals surface area contributed by atoms with E-state index in [1.54, 1.807) is 23.9 Å². The molecule has 1 aromatic carbocycles. The standard InChI is InChI=1S/C16H24N4O5/c1-17(2)13-11-15(25-3)12(10-14(13)20(23)24)16(22)19-6-4-18(5-7-19)8-9-21/h10-11,21H,4-9H2,1-3H3/p+1. The van der Waals surface area contributed by atoms with Gasteiger partial charge in [-0.15, -0.1) is 0 Å². The van der Waals surface area contributed by atoms with Gasteiger partial charge in [0.25, 0.3) is 11.6 Å². The van der Waals surface area contributed by atoms with Crippen molar-refractivity contribution in [1.82, 2.24) is 4.90 Å². The topological polar surface area (TPSA) is 101 Å². The van der Waals surface area contributed by atoms with Gasteiger partial charge in [0.1, 0.15) is 18.0 Å². The van der Waals surface area contributed by atoms with Crippen LogP contribution in [0, 0.1) is 10.1 Å². The lowest BCUT2D eigenvalue weighted by Crippen LogP contribution is -3.15. The second-order valence-electron chi connectivity index (χ2n) is 6.21. The molecule has 1 aliphatic rings. The lowest BCUT2D eigenvalue weighted by Gasteiger charge is -2.32. The molecule has 138 valence electrons. The zero-order valence-corrected chi connectivity index (χ0v) is 14.8. The maximum absolute atomic E-state index is 12.9. The number of hydrogen-bond acceptors (Lipinski definition) is 6. The van der Waals surface area contributed by atoms with E-state index in [1.807, 2.05) is 0 Å². The number of methoxy groups -OCH3 is 1. The van der Waals surface area contributed by atoms with Gasteiger partial charge in [0.2, 0.25) is 0 Å². The third-order valence-corrected chi connectivity index (χ3v) is 4.43. The third kappa shape index (κ3) is 4.18. The van der Waals surface area contributed by atoms with Crippen LogP contribution in [0.4, 0.5) is 11.4 Å². The summed E-state index contributed by atoms with van der Waals surface area (Å²) in [5.74, 6) is 0.0535. The van der Waals surface area contributed by atoms with E-state index in [1.165, 1.54) is 24.1 Å². The van der Waals surface area contributed by atoms with Gasteiger partial charge in [0.15, 0.2) is 0 Å². The maximum atomic E-state index is 12.9. The number of nitro benzene ring substituents is 1. The highest BCUT2D eigenvalue weighted by molar-refractivity contribution is 5.99. The molecular weight excluding hydrogens is 328 g/mol. The Balaban J connectivity index is 2.30. The number of amides is 1. The molecule has 1 aliphatic heterocycles. The van der Waals surface area contributed by atoms with Crippen LogP contribution in [0.25, 0.3) is 0 Å². The summed E-state index contributed by atoms with van der Waals surface area (Å²) in [6, 6.07) is 2.82. The molecule has 0 unspecified atom stereocenters. The van der Waals surface area contributed by atoms with Crippen molar-refractivity contribution >= 4 is 17.3 Å². The smallest absolute Gasteiger partial charge is 0.293 e. The Hall–Kier alpha value is -2.39. The number of aliphatic hydroxyl groups excluding tert-OH is 1. The summed E-state index contributed by atoms with van der Waals surface area (Å²) < 4.78 is 5.31. The van der Waals surface area contributed by atoms with Crippen molar-refractivity contribution in [2.45, 2.75) is 0 Å². The molecule has 25 heavy (non-hydrogen) atoms. The summed E-state index contributed by atoms with van der Waals surface area (Å²) in [6.07, 6.45) is 0. The second-order valence-corrected chi connectivity index (χ2v) is 6.21. The number of carbonyl (C=O) groups excluding carboxylic acids is 1. The largest absolute Gasteiger partial charge is 0.496 e. The van der Waals surface area contributed by atoms with E-state index in [0.29, 0.717) is 31.1 Å². The van der Waals surface area contributed by atoms with Crippen LogP contribution in [0.1, 0.15) is 10.4 Å². The van der Waals surface area contributed by atoms with Crippen molar-refractivity contribution in [1.29, 1.82) is 0 Å². The van der Waals surface area contributed by atoms with Crippen molar-refractivity contribution in [3.63, 3.8) is 0 Å². The van der Waals surface area contributed by atoms with Gasteiger partial charge in [-0.05, 0) is 0 Å². The van der Waals surface area contributed by atoms with Crippen molar-refractivity contribution in [2.24, 2.45) is 0 Å². The minimum Gasteiger partial charge on any atom is -0.496 e.